The molecule has 2 aliphatic rings. The summed E-state index contributed by atoms with van der Waals surface area (Å²) in [7, 11) is 0. The summed E-state index contributed by atoms with van der Waals surface area (Å²) < 4.78 is 2.70. The van der Waals surface area contributed by atoms with Gasteiger partial charge < -0.3 is 20.4 Å². The monoisotopic (exact) mass is 637 g/mol. The summed E-state index contributed by atoms with van der Waals surface area (Å²) in [6.07, 6.45) is 3.35. The van der Waals surface area contributed by atoms with E-state index in [9.17, 15) is 14.4 Å². The normalized spacial score (nSPS) is 16.0. The molecule has 39 heavy (non-hydrogen) atoms. The minimum atomic E-state index is -0.791. The van der Waals surface area contributed by atoms with Gasteiger partial charge in [-0.15, -0.1) is 0 Å². The number of aryl methyl sites for hydroxylation is 1. The Morgan fingerprint density at radius 2 is 1.82 bits per heavy atom. The van der Waals surface area contributed by atoms with Gasteiger partial charge in [-0.3, -0.25) is 9.36 Å². The van der Waals surface area contributed by atoms with Crippen LogP contribution in [0.1, 0.15) is 35.5 Å². The first kappa shape index (κ1) is 26.7. The predicted molar refractivity (Wildman–Crippen MR) is 153 cm³/mol. The maximum atomic E-state index is 13.7. The van der Waals surface area contributed by atoms with E-state index in [2.05, 4.69) is 44.3 Å². The van der Waals surface area contributed by atoms with Crippen molar-refractivity contribution < 1.29 is 14.4 Å². The molecule has 3 aromatic rings. The average Bonchev–Trinajstić information content (AvgIpc) is 3.48. The van der Waals surface area contributed by atoms with Crippen molar-refractivity contribution in [1.29, 1.82) is 5.26 Å². The number of fused-ring (bicyclic) bond motifs is 1. The highest BCUT2D eigenvalue weighted by molar-refractivity contribution is 14.1. The van der Waals surface area contributed by atoms with Crippen molar-refractivity contribution in [2.24, 2.45) is 0 Å². The van der Waals surface area contributed by atoms with Crippen molar-refractivity contribution in [2.45, 2.75) is 44.8 Å². The molecule has 0 spiro atoms. The van der Waals surface area contributed by atoms with Crippen LogP contribution in [-0.2, 0) is 17.8 Å². The molecule has 2 aromatic carbocycles. The van der Waals surface area contributed by atoms with Gasteiger partial charge in [-0.25, -0.2) is 14.6 Å². The summed E-state index contributed by atoms with van der Waals surface area (Å²) in [5.41, 5.74) is 2.89. The van der Waals surface area contributed by atoms with Crippen molar-refractivity contribution in [2.75, 3.05) is 18.4 Å². The molecule has 1 fully saturated rings. The second kappa shape index (κ2) is 11.4. The Kier molecular flexibility index (Phi) is 7.83. The molecule has 0 unspecified atom stereocenters. The summed E-state index contributed by atoms with van der Waals surface area (Å²) in [6.45, 7) is 3.33. The fourth-order valence-electron chi connectivity index (χ4n) is 5.15. The summed E-state index contributed by atoms with van der Waals surface area (Å²) in [6, 6.07) is 15.2. The first-order valence-electron chi connectivity index (χ1n) is 12.8. The molecule has 10 nitrogen and oxygen atoms in total. The topological polar surface area (TPSA) is 123 Å². The number of halogens is 1. The van der Waals surface area contributed by atoms with Gasteiger partial charge in [0, 0.05) is 34.8 Å². The summed E-state index contributed by atoms with van der Waals surface area (Å²) in [5, 5.41) is 14.8. The van der Waals surface area contributed by atoms with Crippen molar-refractivity contribution in [1.82, 2.24) is 24.7 Å². The Bertz CT molecular complexity index is 1420. The van der Waals surface area contributed by atoms with Crippen LogP contribution in [0.25, 0.3) is 0 Å². The number of urea groups is 1. The molecule has 2 N–H and O–H groups in total. The number of likely N-dealkylation sites (tertiary alicyclic amines) is 1. The molecule has 1 saturated heterocycles. The third kappa shape index (κ3) is 5.90. The van der Waals surface area contributed by atoms with E-state index in [4.69, 9.17) is 5.26 Å². The van der Waals surface area contributed by atoms with E-state index < -0.39 is 12.1 Å². The number of carbonyl (C=O) groups is 3. The van der Waals surface area contributed by atoms with E-state index in [0.717, 1.165) is 14.8 Å². The number of aromatic nitrogens is 2. The maximum Gasteiger partial charge on any atom is 0.330 e. The van der Waals surface area contributed by atoms with Gasteiger partial charge in [0.25, 0.3) is 0 Å². The summed E-state index contributed by atoms with van der Waals surface area (Å²) in [5.74, 6) is 0.514. The number of nitrogens with zero attached hydrogens (tertiary/aromatic N) is 5. The lowest BCUT2D eigenvalue weighted by Crippen LogP contribution is -2.54. The molecule has 0 radical (unpaired) electrons. The van der Waals surface area contributed by atoms with Gasteiger partial charge >= 0.3 is 12.1 Å². The van der Waals surface area contributed by atoms with Crippen LogP contribution in [0.5, 0.6) is 0 Å². The van der Waals surface area contributed by atoms with E-state index in [1.54, 1.807) is 52.1 Å². The number of amides is 4. The van der Waals surface area contributed by atoms with Crippen LogP contribution in [-0.4, -0.2) is 62.5 Å². The molecule has 1 aromatic heterocycles. The summed E-state index contributed by atoms with van der Waals surface area (Å²) >= 11 is 2.19. The van der Waals surface area contributed by atoms with Crippen molar-refractivity contribution in [3.05, 3.63) is 80.9 Å². The molecule has 5 rings (SSSR count). The number of rotatable bonds is 6. The fourth-order valence-corrected chi connectivity index (χ4v) is 5.51. The molecular formula is C28H28IN7O3. The van der Waals surface area contributed by atoms with Crippen LogP contribution in [0.2, 0.25) is 0 Å². The van der Waals surface area contributed by atoms with Crippen molar-refractivity contribution in [3.8, 4) is 6.07 Å². The average molecular weight is 637 g/mol. The van der Waals surface area contributed by atoms with Gasteiger partial charge in [0.05, 0.1) is 30.1 Å². The smallest absolute Gasteiger partial charge is 0.330 e. The Morgan fingerprint density at radius 1 is 1.13 bits per heavy atom. The molecule has 4 amide bonds. The van der Waals surface area contributed by atoms with Gasteiger partial charge in [-0.1, -0.05) is 12.1 Å². The van der Waals surface area contributed by atoms with Gasteiger partial charge in [0.2, 0.25) is 5.91 Å². The highest BCUT2D eigenvalue weighted by atomic mass is 127. The Balaban J connectivity index is 1.25. The molecule has 200 valence electrons. The molecular weight excluding hydrogens is 609 g/mol. The van der Waals surface area contributed by atoms with Crippen LogP contribution in [0.15, 0.2) is 54.7 Å². The molecule has 3 heterocycles. The van der Waals surface area contributed by atoms with E-state index in [1.807, 2.05) is 24.0 Å². The zero-order chi connectivity index (χ0) is 27.5. The van der Waals surface area contributed by atoms with E-state index in [1.165, 1.54) is 0 Å². The number of imidazole rings is 1. The van der Waals surface area contributed by atoms with Gasteiger partial charge in [0.15, 0.2) is 0 Å². The Morgan fingerprint density at radius 3 is 2.46 bits per heavy atom. The molecule has 1 atom stereocenters. The minimum Gasteiger partial charge on any atom is -0.341 e. The van der Waals surface area contributed by atoms with Crippen LogP contribution in [0.4, 0.5) is 15.3 Å². The second-order valence-corrected chi connectivity index (χ2v) is 11.0. The first-order valence-corrected chi connectivity index (χ1v) is 13.9. The molecule has 11 heteroatoms. The SMILES string of the molecule is Cc1ncc2n1C(=O)N(C1CCN(C(=O)[C@@H](Cc3ccc(C#N)cc3)NC(=O)Nc3ccc(I)cc3)CC1)C2. The highest BCUT2D eigenvalue weighted by Crippen LogP contribution is 2.26. The molecule has 0 saturated carbocycles. The first-order chi connectivity index (χ1) is 18.8. The third-order valence-electron chi connectivity index (χ3n) is 7.23. The number of carbonyl (C=O) groups excluding carboxylic acids is 3. The number of benzene rings is 2. The second-order valence-electron chi connectivity index (χ2n) is 9.77. The number of hydrogen-bond acceptors (Lipinski definition) is 5. The van der Waals surface area contributed by atoms with E-state index >= 15 is 0 Å². The minimum absolute atomic E-state index is 0.0370. The van der Waals surface area contributed by atoms with Crippen molar-refractivity contribution in [3.63, 3.8) is 0 Å². The molecule has 0 bridgehead atoms. The van der Waals surface area contributed by atoms with Gasteiger partial charge in [-0.2, -0.15) is 5.26 Å². The molecule has 2 aliphatic heterocycles. The zero-order valence-corrected chi connectivity index (χ0v) is 23.6. The van der Waals surface area contributed by atoms with Crippen LogP contribution < -0.4 is 10.6 Å². The Labute approximate surface area is 240 Å². The van der Waals surface area contributed by atoms with Crippen molar-refractivity contribution >= 4 is 46.2 Å². The van der Waals surface area contributed by atoms with Gasteiger partial charge in [0.1, 0.15) is 11.9 Å². The maximum absolute atomic E-state index is 13.7. The summed E-state index contributed by atoms with van der Waals surface area (Å²) in [4.78, 5) is 47.3. The lowest BCUT2D eigenvalue weighted by atomic mass is 10.00. The number of hydrogen-bond donors (Lipinski definition) is 2. The van der Waals surface area contributed by atoms with E-state index in [-0.39, 0.29) is 24.4 Å². The largest absolute Gasteiger partial charge is 0.341 e. The fraction of sp³-hybridized carbons (Fsp3) is 0.321. The van der Waals surface area contributed by atoms with Crippen LogP contribution in [0, 0.1) is 21.8 Å². The number of nitriles is 1. The standard InChI is InChI=1S/C28H28IN7O3/c1-18-31-16-24-17-35(28(39)36(18)24)23-10-12-34(13-11-23)26(37)25(14-19-2-4-20(15-30)5-3-19)33-27(38)32-22-8-6-21(29)7-9-22/h2-9,16,23,25H,10-14,17H2,1H3,(H2,32,33,38)/t25-/m1/s1. The van der Waals surface area contributed by atoms with E-state index in [0.29, 0.717) is 49.6 Å². The lowest BCUT2D eigenvalue weighted by molar-refractivity contribution is -0.134. The number of piperidine rings is 1. The van der Waals surface area contributed by atoms with Crippen LogP contribution >= 0.6 is 22.6 Å². The zero-order valence-electron chi connectivity index (χ0n) is 21.4. The number of anilines is 1. The quantitative estimate of drug-likeness (QED) is 0.398. The Hall–Kier alpha value is -3.92. The third-order valence-corrected chi connectivity index (χ3v) is 7.95. The van der Waals surface area contributed by atoms with Gasteiger partial charge in [-0.05, 0) is 84.3 Å². The molecule has 0 aliphatic carbocycles. The van der Waals surface area contributed by atoms with Crippen LogP contribution in [0.3, 0.4) is 0 Å². The number of nitrogens with one attached hydrogen (secondary N) is 2. The predicted octanol–water partition coefficient (Wildman–Crippen LogP) is 3.88. The highest BCUT2D eigenvalue weighted by Gasteiger charge is 2.37. The lowest BCUT2D eigenvalue weighted by Gasteiger charge is -2.37.